The van der Waals surface area contributed by atoms with Gasteiger partial charge in [-0.25, -0.2) is 0 Å². The van der Waals surface area contributed by atoms with Crippen LogP contribution < -0.4 is 18.9 Å². The van der Waals surface area contributed by atoms with E-state index in [1.807, 2.05) is 72.5 Å². The molecule has 0 aromatic heterocycles. The summed E-state index contributed by atoms with van der Waals surface area (Å²) in [6.07, 6.45) is 10.8. The number of oxime groups is 1. The zero-order chi connectivity index (χ0) is 44.0. The van der Waals surface area contributed by atoms with Gasteiger partial charge in [0.25, 0.3) is 0 Å². The quantitative estimate of drug-likeness (QED) is 0.0507. The van der Waals surface area contributed by atoms with Gasteiger partial charge in [0.2, 0.25) is 18.5 Å². The molecule has 0 spiro atoms. The average molecular weight is 869 g/mol. The van der Waals surface area contributed by atoms with Crippen LogP contribution in [0, 0.1) is 23.7 Å². The lowest BCUT2D eigenvalue weighted by molar-refractivity contribution is -0.258. The first-order chi connectivity index (χ1) is 31.4. The summed E-state index contributed by atoms with van der Waals surface area (Å²) in [5, 5.41) is 24.8. The molecule has 4 aromatic rings. The van der Waals surface area contributed by atoms with Crippen LogP contribution in [0.3, 0.4) is 0 Å². The first-order valence-corrected chi connectivity index (χ1v) is 23.2. The highest BCUT2D eigenvalue weighted by atomic mass is 16.7. The molecule has 64 heavy (non-hydrogen) atoms. The van der Waals surface area contributed by atoms with E-state index in [4.69, 9.17) is 33.7 Å². The predicted molar refractivity (Wildman–Crippen MR) is 244 cm³/mol. The summed E-state index contributed by atoms with van der Waals surface area (Å²) in [4.78, 5) is 22.8. The lowest BCUT2D eigenvalue weighted by atomic mass is 9.55. The molecule has 9 rings (SSSR count). The molecular weight excluding hydrogens is 809 g/mol. The Morgan fingerprint density at radius 2 is 1.61 bits per heavy atom. The van der Waals surface area contributed by atoms with Gasteiger partial charge in [-0.2, -0.15) is 0 Å². The van der Waals surface area contributed by atoms with E-state index in [0.717, 1.165) is 72.1 Å². The highest BCUT2D eigenvalue weighted by molar-refractivity contribution is 6.03. The number of aliphatic hydroxyl groups is 2. The number of unbranched alkanes of at least 4 members (excludes halogenated alkanes) is 2. The van der Waals surface area contributed by atoms with Gasteiger partial charge in [0, 0.05) is 43.6 Å². The molecule has 2 fully saturated rings. The van der Waals surface area contributed by atoms with Gasteiger partial charge in [0.05, 0.1) is 18.2 Å². The Morgan fingerprint density at radius 1 is 0.875 bits per heavy atom. The van der Waals surface area contributed by atoms with Gasteiger partial charge in [0.1, 0.15) is 29.9 Å². The summed E-state index contributed by atoms with van der Waals surface area (Å²) in [7, 11) is 0. The van der Waals surface area contributed by atoms with Gasteiger partial charge < -0.3 is 43.6 Å². The van der Waals surface area contributed by atoms with E-state index >= 15 is 0 Å². The maximum absolute atomic E-state index is 14.9. The molecule has 0 radical (unpaired) electrons. The van der Waals surface area contributed by atoms with E-state index in [2.05, 4.69) is 43.0 Å². The molecular formula is C53H60N2O9. The predicted octanol–water partition coefficient (Wildman–Crippen LogP) is 9.97. The number of allylic oxidation sites excluding steroid dienone is 1. The first kappa shape index (κ1) is 43.6. The van der Waals surface area contributed by atoms with Gasteiger partial charge in [-0.05, 0) is 122 Å². The van der Waals surface area contributed by atoms with Crippen LogP contribution in [0.15, 0.2) is 120 Å². The number of benzene rings is 4. The van der Waals surface area contributed by atoms with Crippen molar-refractivity contribution in [2.45, 2.75) is 89.0 Å². The zero-order valence-electron chi connectivity index (χ0n) is 36.7. The molecule has 3 aliphatic carbocycles. The first-order valence-electron chi connectivity index (χ1n) is 23.2. The number of carbonyl (C=O) groups excluding carboxylic acids is 1. The van der Waals surface area contributed by atoms with Gasteiger partial charge >= 0.3 is 0 Å². The van der Waals surface area contributed by atoms with Crippen LogP contribution in [-0.2, 0) is 20.9 Å². The van der Waals surface area contributed by atoms with E-state index in [0.29, 0.717) is 61.2 Å². The number of aliphatic hydroxyl groups excluding tert-OH is 2. The van der Waals surface area contributed by atoms with Crippen LogP contribution in [-0.4, -0.2) is 71.8 Å². The molecule has 1 amide bonds. The van der Waals surface area contributed by atoms with Crippen LogP contribution in [0.1, 0.15) is 81.8 Å². The summed E-state index contributed by atoms with van der Waals surface area (Å²) < 4.78 is 32.8. The Kier molecular flexibility index (Phi) is 13.4. The topological polar surface area (TPSA) is 129 Å². The molecule has 336 valence electrons. The Bertz CT molecular complexity index is 2330. The number of ether oxygens (including phenoxy) is 5. The van der Waals surface area contributed by atoms with Gasteiger partial charge in [-0.1, -0.05) is 78.7 Å². The third kappa shape index (κ3) is 8.90. The van der Waals surface area contributed by atoms with E-state index in [9.17, 15) is 15.0 Å². The van der Waals surface area contributed by atoms with Crippen LogP contribution in [0.2, 0.25) is 0 Å². The second-order valence-corrected chi connectivity index (χ2v) is 17.6. The number of carbonyl (C=O) groups is 1. The van der Waals surface area contributed by atoms with Gasteiger partial charge in [0.15, 0.2) is 11.5 Å². The Labute approximate surface area is 376 Å². The van der Waals surface area contributed by atoms with Crippen molar-refractivity contribution in [2.24, 2.45) is 28.8 Å². The smallest absolute Gasteiger partial charge is 0.239 e. The standard InChI is InChI=1S/C53H60N2O9/c1-3-28-61-53-49(55(52(58)38-17-18-38)33-35-16-24-47-48(29-35)60-34-59-47)32-45(54-62-4-2)43-30-39(14-8-10-26-56)42(15-9-11-27-57)50(51(43)53)44-31-41(23-25-46(44)64-53)63-40-21-19-37(20-22-40)36-12-6-5-7-13-36/h3,5-7,12-13,16,19-25,29-31,38-39,42,49-51,56-57H,1,4,8-11,14-15,17-18,26-28,32-34H2,2H3/t39-,42+,49-,50+,51+,53+/m0/s1. The molecule has 11 nitrogen and oxygen atoms in total. The summed E-state index contributed by atoms with van der Waals surface area (Å²) >= 11 is 0. The SMILES string of the molecule is C=CCO[C@@]12Oc3ccc(Oc4ccc(-c5ccccc5)cc4)cc3[C@H]3[C@H](CCCCO)[C@@H](CCCCO)C=C(C(=NOCC)C[C@@H]1N(Cc1ccc4c(c1)OCO4)C(=O)C1CC1)[C@H]32. The fourth-order valence-corrected chi connectivity index (χ4v) is 10.5. The third-order valence-electron chi connectivity index (χ3n) is 13.5. The minimum atomic E-state index is -1.36. The number of rotatable bonds is 20. The minimum Gasteiger partial charge on any atom is -0.459 e. The van der Waals surface area contributed by atoms with Crippen LogP contribution in [0.5, 0.6) is 28.7 Å². The number of amides is 1. The molecule has 0 bridgehead atoms. The zero-order valence-corrected chi connectivity index (χ0v) is 36.7. The van der Waals surface area contributed by atoms with Crippen LogP contribution >= 0.6 is 0 Å². The maximum Gasteiger partial charge on any atom is 0.239 e. The Hall–Kier alpha value is -5.62. The molecule has 11 heteroatoms. The molecule has 2 heterocycles. The minimum absolute atomic E-state index is 0.0533. The largest absolute Gasteiger partial charge is 0.459 e. The molecule has 2 N–H and O–H groups in total. The molecule has 0 unspecified atom stereocenters. The normalized spacial score (nSPS) is 24.5. The van der Waals surface area contributed by atoms with Crippen molar-refractivity contribution in [1.29, 1.82) is 0 Å². The lowest BCUT2D eigenvalue weighted by Crippen LogP contribution is -2.70. The van der Waals surface area contributed by atoms with E-state index < -0.39 is 17.7 Å². The Balaban J connectivity index is 1.19. The van der Waals surface area contributed by atoms with Crippen molar-refractivity contribution in [3.8, 4) is 39.9 Å². The second kappa shape index (κ2) is 19.6. The van der Waals surface area contributed by atoms with E-state index in [-0.39, 0.29) is 56.2 Å². The molecule has 5 aliphatic rings. The summed E-state index contributed by atoms with van der Waals surface area (Å²) in [5.74, 6) is 1.61. The summed E-state index contributed by atoms with van der Waals surface area (Å²) in [6.45, 7) is 7.25. The monoisotopic (exact) mass is 868 g/mol. The van der Waals surface area contributed by atoms with E-state index in [1.54, 1.807) is 6.08 Å². The molecule has 4 aromatic carbocycles. The fourth-order valence-electron chi connectivity index (χ4n) is 10.5. The molecule has 0 saturated heterocycles. The van der Waals surface area contributed by atoms with Crippen molar-refractivity contribution in [2.75, 3.05) is 33.2 Å². The van der Waals surface area contributed by atoms with Crippen molar-refractivity contribution in [3.05, 3.63) is 126 Å². The average Bonchev–Trinajstić information content (AvgIpc) is 4.08. The lowest BCUT2D eigenvalue weighted by Gasteiger charge is -2.60. The van der Waals surface area contributed by atoms with Crippen molar-refractivity contribution in [1.82, 2.24) is 4.90 Å². The number of nitrogens with zero attached hydrogens (tertiary/aromatic N) is 2. The van der Waals surface area contributed by atoms with E-state index in [1.165, 1.54) is 0 Å². The second-order valence-electron chi connectivity index (χ2n) is 17.6. The number of fused-ring (bicyclic) bond motifs is 3. The fraction of sp³-hybridized carbons (Fsp3) is 0.434. The highest BCUT2D eigenvalue weighted by Crippen LogP contribution is 2.62. The molecule has 6 atom stereocenters. The Morgan fingerprint density at radius 3 is 2.36 bits per heavy atom. The highest BCUT2D eigenvalue weighted by Gasteiger charge is 2.66. The van der Waals surface area contributed by atoms with Crippen LogP contribution in [0.4, 0.5) is 0 Å². The van der Waals surface area contributed by atoms with Crippen molar-refractivity contribution < 1.29 is 43.5 Å². The van der Waals surface area contributed by atoms with Crippen molar-refractivity contribution >= 4 is 11.6 Å². The van der Waals surface area contributed by atoms with Crippen molar-refractivity contribution in [3.63, 3.8) is 0 Å². The number of hydrogen-bond acceptors (Lipinski definition) is 10. The summed E-state index contributed by atoms with van der Waals surface area (Å²) in [5.41, 5.74) is 5.92. The van der Waals surface area contributed by atoms with Gasteiger partial charge in [-0.15, -0.1) is 6.58 Å². The van der Waals surface area contributed by atoms with Crippen LogP contribution in [0.25, 0.3) is 11.1 Å². The third-order valence-corrected chi connectivity index (χ3v) is 13.5. The maximum atomic E-state index is 14.9. The molecule has 2 saturated carbocycles. The number of hydrogen-bond donors (Lipinski definition) is 2. The van der Waals surface area contributed by atoms with Gasteiger partial charge in [-0.3, -0.25) is 4.79 Å². The molecule has 2 aliphatic heterocycles. The summed E-state index contributed by atoms with van der Waals surface area (Å²) in [6, 6.07) is 29.7.